The van der Waals surface area contributed by atoms with Crippen LogP contribution in [0.1, 0.15) is 38.3 Å². The number of rotatable bonds is 4. The molecule has 0 bridgehead atoms. The molecule has 0 aliphatic rings. The molecule has 0 aliphatic carbocycles. The summed E-state index contributed by atoms with van der Waals surface area (Å²) in [6.07, 6.45) is -0.449. The Kier molecular flexibility index (Phi) is 6.70. The summed E-state index contributed by atoms with van der Waals surface area (Å²) in [5.41, 5.74) is 13.2. The van der Waals surface area contributed by atoms with Crippen molar-refractivity contribution in [3.8, 4) is 11.8 Å². The number of nitrogens with two attached hydrogens (primary N) is 2. The van der Waals surface area contributed by atoms with Crippen LogP contribution in [0.5, 0.6) is 0 Å². The number of carbonyl (C=O) groups is 1. The van der Waals surface area contributed by atoms with E-state index in [0.29, 0.717) is 22.4 Å². The molecule has 6 nitrogen and oxygen atoms in total. The summed E-state index contributed by atoms with van der Waals surface area (Å²) >= 11 is 0. The van der Waals surface area contributed by atoms with Crippen molar-refractivity contribution in [2.24, 2.45) is 16.5 Å². The number of Topliss-reactive ketones (excluding diaryl/α,β-unsaturated/α-hetero) is 1. The van der Waals surface area contributed by atoms with Gasteiger partial charge in [0, 0.05) is 46.2 Å². The van der Waals surface area contributed by atoms with Crippen LogP contribution in [0.15, 0.2) is 72.1 Å². The van der Waals surface area contributed by atoms with Crippen LogP contribution in [0.25, 0.3) is 10.8 Å². The van der Waals surface area contributed by atoms with Gasteiger partial charge in [0.05, 0.1) is 23.2 Å². The van der Waals surface area contributed by atoms with E-state index in [9.17, 15) is 18.0 Å². The maximum atomic E-state index is 13.0. The predicted octanol–water partition coefficient (Wildman–Crippen LogP) is 4.69. The Hall–Kier alpha value is -4.71. The van der Waals surface area contributed by atoms with E-state index in [4.69, 9.17) is 11.5 Å². The van der Waals surface area contributed by atoms with Gasteiger partial charge in [-0.15, -0.1) is 0 Å². The zero-order valence-electron chi connectivity index (χ0n) is 19.1. The van der Waals surface area contributed by atoms with Gasteiger partial charge in [-0.05, 0) is 36.8 Å². The standard InChI is InChI=1S/C27H20F3N5O/c1-16-5-6-18(25(36)13-21-12-20(9-10-34-21)27(28,29)30)11-17(16)7-8-19-14-33-15-23-22(19)3-2-4-24(23)35-26(31)32/h2-6,9-12,14-15H,13H2,1H3,(H4,31,32,35). The quantitative estimate of drug-likeness (QED) is 0.188. The Morgan fingerprint density at radius 1 is 1.00 bits per heavy atom. The Bertz CT molecular complexity index is 1560. The number of hydrogen-bond acceptors (Lipinski definition) is 4. The SMILES string of the molecule is Cc1ccc(C(=O)Cc2cc(C(F)(F)F)ccn2)cc1C#Cc1cncc2c(N=C(N)N)cccc12. The minimum absolute atomic E-state index is 0.0430. The Labute approximate surface area is 204 Å². The Balaban J connectivity index is 1.64. The van der Waals surface area contributed by atoms with Crippen LogP contribution in [0.3, 0.4) is 0 Å². The zero-order chi connectivity index (χ0) is 25.9. The minimum Gasteiger partial charge on any atom is -0.370 e. The number of alkyl halides is 3. The van der Waals surface area contributed by atoms with Gasteiger partial charge in [-0.3, -0.25) is 14.8 Å². The predicted molar refractivity (Wildman–Crippen MR) is 132 cm³/mol. The number of hydrogen-bond donors (Lipinski definition) is 2. The first-order chi connectivity index (χ1) is 17.1. The molecule has 0 fully saturated rings. The third-order valence-corrected chi connectivity index (χ3v) is 5.41. The van der Waals surface area contributed by atoms with E-state index in [1.807, 2.05) is 19.1 Å². The highest BCUT2D eigenvalue weighted by molar-refractivity contribution is 5.98. The molecule has 9 heteroatoms. The molecule has 0 saturated carbocycles. The molecule has 0 radical (unpaired) electrons. The largest absolute Gasteiger partial charge is 0.416 e. The van der Waals surface area contributed by atoms with E-state index in [-0.39, 0.29) is 23.9 Å². The second-order valence-electron chi connectivity index (χ2n) is 8.01. The van der Waals surface area contributed by atoms with Gasteiger partial charge >= 0.3 is 6.18 Å². The van der Waals surface area contributed by atoms with Gasteiger partial charge < -0.3 is 11.5 Å². The van der Waals surface area contributed by atoms with Crippen LogP contribution in [0.4, 0.5) is 18.9 Å². The average molecular weight is 487 g/mol. The van der Waals surface area contributed by atoms with Crippen molar-refractivity contribution in [1.29, 1.82) is 0 Å². The second kappa shape index (κ2) is 9.88. The van der Waals surface area contributed by atoms with E-state index in [0.717, 1.165) is 34.7 Å². The van der Waals surface area contributed by atoms with Crippen molar-refractivity contribution >= 4 is 28.2 Å². The number of fused-ring (bicyclic) bond motifs is 1. The van der Waals surface area contributed by atoms with Gasteiger partial charge in [0.15, 0.2) is 11.7 Å². The third-order valence-electron chi connectivity index (χ3n) is 5.41. The Morgan fingerprint density at radius 2 is 1.78 bits per heavy atom. The van der Waals surface area contributed by atoms with E-state index in [1.54, 1.807) is 36.7 Å². The van der Waals surface area contributed by atoms with Crippen LogP contribution in [-0.4, -0.2) is 21.7 Å². The number of aromatic nitrogens is 2. The molecule has 2 aromatic carbocycles. The highest BCUT2D eigenvalue weighted by Gasteiger charge is 2.30. The van der Waals surface area contributed by atoms with Gasteiger partial charge in [-0.25, -0.2) is 4.99 Å². The van der Waals surface area contributed by atoms with Crippen molar-refractivity contribution in [1.82, 2.24) is 9.97 Å². The normalized spacial score (nSPS) is 11.0. The highest BCUT2D eigenvalue weighted by Crippen LogP contribution is 2.29. The van der Waals surface area contributed by atoms with E-state index in [2.05, 4.69) is 26.8 Å². The number of guanidine groups is 1. The maximum absolute atomic E-state index is 13.0. The lowest BCUT2D eigenvalue weighted by atomic mass is 9.99. The number of aliphatic imine (C=N–C) groups is 1. The van der Waals surface area contributed by atoms with Crippen molar-refractivity contribution in [2.75, 3.05) is 0 Å². The summed E-state index contributed by atoms with van der Waals surface area (Å²) < 4.78 is 38.9. The minimum atomic E-state index is -4.51. The smallest absolute Gasteiger partial charge is 0.370 e. The lowest BCUT2D eigenvalue weighted by Crippen LogP contribution is -2.21. The third kappa shape index (κ3) is 5.50. The highest BCUT2D eigenvalue weighted by atomic mass is 19.4. The van der Waals surface area contributed by atoms with Gasteiger partial charge in [0.1, 0.15) is 0 Å². The van der Waals surface area contributed by atoms with Crippen LogP contribution >= 0.6 is 0 Å². The molecule has 0 saturated heterocycles. The van der Waals surface area contributed by atoms with Crippen molar-refractivity contribution in [2.45, 2.75) is 19.5 Å². The molecular weight excluding hydrogens is 467 g/mol. The van der Waals surface area contributed by atoms with Gasteiger partial charge in [-0.2, -0.15) is 13.2 Å². The molecule has 0 unspecified atom stereocenters. The first kappa shape index (κ1) is 24.4. The number of aryl methyl sites for hydroxylation is 1. The Morgan fingerprint density at radius 3 is 2.53 bits per heavy atom. The summed E-state index contributed by atoms with van der Waals surface area (Å²) in [5.74, 6) is 5.74. The summed E-state index contributed by atoms with van der Waals surface area (Å²) in [7, 11) is 0. The van der Waals surface area contributed by atoms with Crippen molar-refractivity contribution < 1.29 is 18.0 Å². The monoisotopic (exact) mass is 487 g/mol. The molecule has 4 rings (SSSR count). The van der Waals surface area contributed by atoms with Gasteiger partial charge in [0.2, 0.25) is 0 Å². The number of benzene rings is 2. The van der Waals surface area contributed by atoms with Crippen LogP contribution in [-0.2, 0) is 12.6 Å². The zero-order valence-corrected chi connectivity index (χ0v) is 19.1. The second-order valence-corrected chi connectivity index (χ2v) is 8.01. The fourth-order valence-electron chi connectivity index (χ4n) is 3.60. The molecule has 0 spiro atoms. The summed E-state index contributed by atoms with van der Waals surface area (Å²) in [6, 6.07) is 12.2. The van der Waals surface area contributed by atoms with Gasteiger partial charge in [0.25, 0.3) is 0 Å². The van der Waals surface area contributed by atoms with E-state index >= 15 is 0 Å². The maximum Gasteiger partial charge on any atom is 0.416 e. The first-order valence-corrected chi connectivity index (χ1v) is 10.8. The summed E-state index contributed by atoms with van der Waals surface area (Å²) in [4.78, 5) is 25.1. The number of carbonyl (C=O) groups excluding carboxylic acids is 1. The van der Waals surface area contributed by atoms with Crippen molar-refractivity contribution in [3.05, 3.63) is 101 Å². The van der Waals surface area contributed by atoms with Crippen LogP contribution < -0.4 is 11.5 Å². The van der Waals surface area contributed by atoms with Gasteiger partial charge in [-0.1, -0.05) is 36.1 Å². The lowest BCUT2D eigenvalue weighted by Gasteiger charge is -2.08. The molecule has 0 aliphatic heterocycles. The molecule has 4 aromatic rings. The van der Waals surface area contributed by atoms with Crippen LogP contribution in [0.2, 0.25) is 0 Å². The summed E-state index contributed by atoms with van der Waals surface area (Å²) in [5, 5.41) is 1.53. The first-order valence-electron chi connectivity index (χ1n) is 10.8. The fourth-order valence-corrected chi connectivity index (χ4v) is 3.60. The number of pyridine rings is 2. The molecule has 4 N–H and O–H groups in total. The molecule has 36 heavy (non-hydrogen) atoms. The lowest BCUT2D eigenvalue weighted by molar-refractivity contribution is -0.137. The topological polar surface area (TPSA) is 107 Å². The van der Waals surface area contributed by atoms with Crippen LogP contribution in [0, 0.1) is 18.8 Å². The fraction of sp³-hybridized carbons (Fsp3) is 0.111. The molecule has 180 valence electrons. The number of nitrogens with zero attached hydrogens (tertiary/aromatic N) is 3. The van der Waals surface area contributed by atoms with E-state index in [1.165, 1.54) is 0 Å². The molecule has 0 amide bonds. The molecular formula is C27H20F3N5O. The number of halogens is 3. The van der Waals surface area contributed by atoms with Crippen molar-refractivity contribution in [3.63, 3.8) is 0 Å². The molecule has 0 atom stereocenters. The molecule has 2 aromatic heterocycles. The summed E-state index contributed by atoms with van der Waals surface area (Å²) in [6.45, 7) is 1.85. The average Bonchev–Trinajstić information content (AvgIpc) is 2.83. The number of ketones is 1. The molecule has 2 heterocycles. The van der Waals surface area contributed by atoms with E-state index < -0.39 is 11.7 Å².